The first-order valence-corrected chi connectivity index (χ1v) is 22.5. The predicted molar refractivity (Wildman–Crippen MR) is 211 cm³/mol. The van der Waals surface area contributed by atoms with E-state index in [1.165, 1.54) is 0 Å². The van der Waals surface area contributed by atoms with Crippen molar-refractivity contribution in [1.29, 1.82) is 0 Å². The molecule has 0 bridgehead atoms. The molecule has 0 amide bonds. The maximum absolute atomic E-state index is 15.2. The average Bonchev–Trinajstić information content (AvgIpc) is 3.16. The highest BCUT2D eigenvalue weighted by molar-refractivity contribution is 7.53. The van der Waals surface area contributed by atoms with Crippen LogP contribution in [0.3, 0.4) is 0 Å². The summed E-state index contributed by atoms with van der Waals surface area (Å²) in [6.45, 7) is 9.65. The number of hydrogen-bond donors (Lipinski definition) is 1. The minimum Gasteiger partial charge on any atom is -0.497 e. The zero-order chi connectivity index (χ0) is 39.4. The van der Waals surface area contributed by atoms with Gasteiger partial charge in [0.1, 0.15) is 24.2 Å². The number of carbonyl (C=O) groups is 2. The van der Waals surface area contributed by atoms with Gasteiger partial charge in [0.05, 0.1) is 39.0 Å². The summed E-state index contributed by atoms with van der Waals surface area (Å²) in [5.74, 6) is -0.768. The molecule has 12 heteroatoms. The summed E-state index contributed by atoms with van der Waals surface area (Å²) in [6, 6.07) is 32.6. The lowest BCUT2D eigenvalue weighted by atomic mass is 9.78. The number of hydrogen-bond acceptors (Lipinski definition) is 9. The number of carboxylic acids is 1. The van der Waals surface area contributed by atoms with Gasteiger partial charge >= 0.3 is 19.5 Å². The minimum atomic E-state index is -4.23. The van der Waals surface area contributed by atoms with Crippen LogP contribution < -0.4 is 9.47 Å². The number of ether oxygens (including phenoxy) is 3. The van der Waals surface area contributed by atoms with Gasteiger partial charge in [0.2, 0.25) is 0 Å². The number of rotatable bonds is 20. The van der Waals surface area contributed by atoms with Crippen LogP contribution in [-0.4, -0.2) is 51.8 Å². The molecule has 0 heterocycles. The molecule has 0 saturated heterocycles. The molecule has 0 spiro atoms. The van der Waals surface area contributed by atoms with Gasteiger partial charge in [-0.15, -0.1) is 0 Å². The van der Waals surface area contributed by atoms with Crippen LogP contribution in [-0.2, 0) is 58.6 Å². The van der Waals surface area contributed by atoms with E-state index in [0.29, 0.717) is 22.6 Å². The number of benzene rings is 4. The van der Waals surface area contributed by atoms with Crippen LogP contribution in [0.1, 0.15) is 49.4 Å². The maximum Gasteiger partial charge on any atom is 0.332 e. The molecule has 4 aromatic carbocycles. The molecule has 0 aromatic heterocycles. The smallest absolute Gasteiger partial charge is 0.332 e. The van der Waals surface area contributed by atoms with Crippen LogP contribution in [0.5, 0.6) is 11.5 Å². The third-order valence-corrected chi connectivity index (χ3v) is 16.3. The summed E-state index contributed by atoms with van der Waals surface area (Å²) in [4.78, 5) is 28.0. The second kappa shape index (κ2) is 18.9. The second-order valence-corrected chi connectivity index (χ2v) is 21.7. The van der Waals surface area contributed by atoms with Crippen LogP contribution in [0, 0.1) is 5.41 Å². The lowest BCUT2D eigenvalue weighted by molar-refractivity contribution is -0.160. The Hall–Kier alpha value is -4.25. The topological polar surface area (TPSA) is 127 Å². The highest BCUT2D eigenvalue weighted by Gasteiger charge is 2.52. The van der Waals surface area contributed by atoms with Crippen molar-refractivity contribution in [2.24, 2.45) is 5.41 Å². The van der Waals surface area contributed by atoms with Gasteiger partial charge < -0.3 is 32.8 Å². The van der Waals surface area contributed by atoms with Crippen LogP contribution in [0.4, 0.5) is 0 Å². The molecule has 4 rings (SSSR count). The van der Waals surface area contributed by atoms with E-state index < -0.39 is 45.5 Å². The van der Waals surface area contributed by atoms with Gasteiger partial charge in [0.15, 0.2) is 8.32 Å². The molecule has 0 saturated carbocycles. The Bertz CT molecular complexity index is 1780. The average molecular weight is 777 g/mol. The van der Waals surface area contributed by atoms with Gasteiger partial charge in [-0.25, -0.2) is 4.79 Å². The normalized spacial score (nSPS) is 13.8. The fourth-order valence-corrected chi connectivity index (χ4v) is 8.94. The van der Waals surface area contributed by atoms with Crippen molar-refractivity contribution in [2.45, 2.75) is 77.7 Å². The molecule has 0 aliphatic rings. The second-order valence-electron chi connectivity index (χ2n) is 14.9. The Morgan fingerprint density at radius 2 is 1.13 bits per heavy atom. The van der Waals surface area contributed by atoms with Crippen molar-refractivity contribution in [2.75, 3.05) is 20.4 Å². The van der Waals surface area contributed by atoms with E-state index in [0.717, 1.165) is 11.1 Å². The zero-order valence-electron chi connectivity index (χ0n) is 32.3. The fraction of sp³-hybridized carbons (Fsp3) is 0.381. The Morgan fingerprint density at radius 1 is 0.685 bits per heavy atom. The Morgan fingerprint density at radius 3 is 1.56 bits per heavy atom. The molecule has 290 valence electrons. The third kappa shape index (κ3) is 12.1. The quantitative estimate of drug-likeness (QED) is 0.0527. The zero-order valence-corrected chi connectivity index (χ0v) is 34.2. The first-order chi connectivity index (χ1) is 25.6. The first kappa shape index (κ1) is 42.5. The van der Waals surface area contributed by atoms with E-state index >= 15 is 4.57 Å². The van der Waals surface area contributed by atoms with Crippen molar-refractivity contribution < 1.29 is 46.9 Å². The van der Waals surface area contributed by atoms with E-state index in [1.54, 1.807) is 62.8 Å². The van der Waals surface area contributed by atoms with Crippen molar-refractivity contribution in [3.8, 4) is 11.5 Å². The molecule has 0 radical (unpaired) electrons. The monoisotopic (exact) mass is 776 g/mol. The Balaban J connectivity index is 1.85. The number of methoxy groups -OCH3 is 2. The van der Waals surface area contributed by atoms with Gasteiger partial charge in [0, 0.05) is 6.42 Å². The minimum absolute atomic E-state index is 0.0591. The molecule has 1 N–H and O–H groups in total. The summed E-state index contributed by atoms with van der Waals surface area (Å²) in [5.41, 5.74) is 1.06. The van der Waals surface area contributed by atoms with Crippen molar-refractivity contribution in [3.05, 3.63) is 131 Å². The molecule has 54 heavy (non-hydrogen) atoms. The molecule has 0 aliphatic carbocycles. The van der Waals surface area contributed by atoms with E-state index in [9.17, 15) is 14.7 Å². The molecular formula is C42H53O10PSi. The summed E-state index contributed by atoms with van der Waals surface area (Å²) in [6.07, 6.45) is -2.36. The van der Waals surface area contributed by atoms with E-state index in [-0.39, 0.29) is 37.7 Å². The molecule has 2 unspecified atom stereocenters. The largest absolute Gasteiger partial charge is 0.497 e. The molecule has 0 fully saturated rings. The highest BCUT2D eigenvalue weighted by Crippen LogP contribution is 2.56. The number of carbonyl (C=O) groups excluding carboxylic acids is 1. The summed E-state index contributed by atoms with van der Waals surface area (Å²) < 4.78 is 50.9. The van der Waals surface area contributed by atoms with Gasteiger partial charge in [-0.1, -0.05) is 106 Å². The number of carboxylic acid groups (broad SMARTS) is 1. The molecule has 0 aliphatic heterocycles. The van der Waals surface area contributed by atoms with Crippen LogP contribution >= 0.6 is 7.60 Å². The van der Waals surface area contributed by atoms with Gasteiger partial charge in [0.25, 0.3) is 0 Å². The first-order valence-electron chi connectivity index (χ1n) is 17.9. The highest BCUT2D eigenvalue weighted by atomic mass is 31.2. The summed E-state index contributed by atoms with van der Waals surface area (Å²) in [7, 11) is -3.84. The summed E-state index contributed by atoms with van der Waals surface area (Å²) >= 11 is 0. The van der Waals surface area contributed by atoms with E-state index in [1.807, 2.05) is 94.5 Å². The lowest BCUT2D eigenvalue weighted by Gasteiger charge is -2.41. The van der Waals surface area contributed by atoms with Crippen molar-refractivity contribution in [3.63, 3.8) is 0 Å². The Labute approximate surface area is 320 Å². The maximum atomic E-state index is 15.2. The molecular weight excluding hydrogens is 724 g/mol. The van der Waals surface area contributed by atoms with Crippen LogP contribution in [0.15, 0.2) is 109 Å². The molecule has 4 aromatic rings. The van der Waals surface area contributed by atoms with Crippen molar-refractivity contribution in [1.82, 2.24) is 0 Å². The molecule has 10 nitrogen and oxygen atoms in total. The number of esters is 1. The van der Waals surface area contributed by atoms with E-state index in [4.69, 9.17) is 27.7 Å². The summed E-state index contributed by atoms with van der Waals surface area (Å²) in [5, 5.41) is 10.4. The van der Waals surface area contributed by atoms with Gasteiger partial charge in [-0.05, 0) is 71.1 Å². The van der Waals surface area contributed by atoms with Crippen molar-refractivity contribution >= 4 is 27.9 Å². The predicted octanol–water partition coefficient (Wildman–Crippen LogP) is 9.47. The molecule has 2 atom stereocenters. The SMILES string of the molecule is COc1ccc(COC(=O)C(Cc2ccc(OC)cc2)(CC(O[Si](C)(C)C(C)(C)C)C(=O)O)CP(=O)(OCc2ccccc2)OCc2ccccc2)cc1. The van der Waals surface area contributed by atoms with Crippen LogP contribution in [0.25, 0.3) is 0 Å². The van der Waals surface area contributed by atoms with Crippen LogP contribution in [0.2, 0.25) is 18.1 Å². The fourth-order valence-electron chi connectivity index (χ4n) is 5.63. The lowest BCUT2D eigenvalue weighted by Crippen LogP contribution is -2.50. The number of aliphatic carboxylic acids is 1. The van der Waals surface area contributed by atoms with Gasteiger partial charge in [-0.2, -0.15) is 0 Å². The van der Waals surface area contributed by atoms with E-state index in [2.05, 4.69) is 0 Å². The Kier molecular flexibility index (Phi) is 14.8. The van der Waals surface area contributed by atoms with Gasteiger partial charge in [-0.3, -0.25) is 9.36 Å². The third-order valence-electron chi connectivity index (χ3n) is 9.80. The standard InChI is InChI=1S/C42H53O10PSi/c1-41(2,3)54(6,7)52-38(39(43)44)27-42(26-32-18-22-36(47-4)23-19-32,40(45)49-28-35-20-24-37(48-5)25-21-35)31-53(46,50-29-33-14-10-8-11-15-33)51-30-34-16-12-9-13-17-34/h8-25,38H,26-31H2,1-7H3,(H,43,44).